The normalized spacial score (nSPS) is 11.8. The Labute approximate surface area is 618 Å². The van der Waals surface area contributed by atoms with Crippen LogP contribution in [0.15, 0.2) is 147 Å². The van der Waals surface area contributed by atoms with Crippen molar-refractivity contribution in [3.63, 3.8) is 0 Å². The van der Waals surface area contributed by atoms with Crippen molar-refractivity contribution in [3.05, 3.63) is 181 Å². The molecule has 0 bridgehead atoms. The molecular weight excluding hydrogens is 1390 g/mol. The van der Waals surface area contributed by atoms with Crippen molar-refractivity contribution in [3.8, 4) is 0 Å². The molecule has 0 aliphatic carbocycles. The van der Waals surface area contributed by atoms with Crippen molar-refractivity contribution in [1.29, 1.82) is 0 Å². The predicted octanol–water partition coefficient (Wildman–Crippen LogP) is 23.6. The number of alkyl halides is 1. The van der Waals surface area contributed by atoms with Crippen LogP contribution in [0.25, 0.3) is 55.2 Å². The molecule has 18 heteroatoms. The van der Waals surface area contributed by atoms with Crippen molar-refractivity contribution < 1.29 is 0 Å². The maximum absolute atomic E-state index is 6.18. The standard InChI is InChI=1S/C23H33N3Si.C19H33N3Si.C17H27ClN2Si.C10H13N3.C7H6N2.4CH4.HI/c1-16(2)27(17(3)4,18(5)6)26-15-21(22-9-8-12-24-23(22)26)13-20-11-10-19(7)25-14-20;1-14(2)23(15(3)4,16(5)6)22-13-17(12-21(7)8)18-10-9-11-20-19(18)22;1-12(2)21(13(3)4,14(5)6)20-11-15(10-18)16-8-7-9-19-17(16)20;1-13(2)7-8-6-12-10-9(8)4-3-5-11-10;1-2-6-3-5-9-7(6)8-4-1;;;;;/h8-12,14-18H,13H2,1-7H3;9-11,13-16H,12H2,1-8H3;7-9,11-14H,10H2,1-6H3;3-6H,7H2,1-2H3,(H,11,12);1-5H,(H,8,9);4*1H4;1H. The molecule has 540 valence electrons. The minimum absolute atomic E-state index is 0. The molecule has 0 radical (unpaired) electrons. The van der Waals surface area contributed by atoms with Crippen molar-refractivity contribution in [1.82, 2.24) is 62.4 Å². The number of halogens is 2. The second-order valence-electron chi connectivity index (χ2n) is 29.0. The first-order chi connectivity index (χ1) is 44.1. The third-order valence-electron chi connectivity index (χ3n) is 19.9. The second-order valence-corrected chi connectivity index (χ2v) is 46.4. The van der Waals surface area contributed by atoms with E-state index in [1.165, 1.54) is 55.0 Å². The average molecular weight is 1520 g/mol. The first kappa shape index (κ1) is 88.3. The topological polar surface area (TPSA) is 130 Å². The molecule has 0 amide bonds. The summed E-state index contributed by atoms with van der Waals surface area (Å²) in [6, 6.07) is 27.1. The highest BCUT2D eigenvalue weighted by molar-refractivity contribution is 14.0. The summed E-state index contributed by atoms with van der Waals surface area (Å²) >= 11 is 6.18. The summed E-state index contributed by atoms with van der Waals surface area (Å²) in [4.78, 5) is 37.7. The fourth-order valence-corrected chi connectivity index (χ4v) is 36.7. The number of nitrogens with one attached hydrogen (secondary N) is 2. The second kappa shape index (κ2) is 38.8. The molecule has 0 aliphatic heterocycles. The fraction of sp³-hybridized carbons (Fsp3) is 0.500. The van der Waals surface area contributed by atoms with Gasteiger partial charge in [-0.05, 0) is 186 Å². The van der Waals surface area contributed by atoms with Gasteiger partial charge in [0.25, 0.3) is 0 Å². The van der Waals surface area contributed by atoms with Gasteiger partial charge in [-0.15, -0.1) is 35.6 Å². The maximum Gasteiger partial charge on any atom is 0.171 e. The Balaban J connectivity index is 0.000000426. The zero-order chi connectivity index (χ0) is 68.3. The van der Waals surface area contributed by atoms with E-state index in [2.05, 4.69) is 267 Å². The highest BCUT2D eigenvalue weighted by Crippen LogP contribution is 2.47. The van der Waals surface area contributed by atoms with Crippen LogP contribution in [0.4, 0.5) is 0 Å². The lowest BCUT2D eigenvalue weighted by Crippen LogP contribution is -2.51. The Morgan fingerprint density at radius 1 is 0.408 bits per heavy atom. The SMILES string of the molecule is C.C.C.C.CC(C)[Si](C(C)C)(C(C)C)n1cc(CCl)c2cccnc21.CC(C)[Si](C(C)C)(C(C)C)n1cc(CN(C)C)c2cccnc21.CN(C)Cc1c[nH]c2ncccc12.Cc1ccc(Cc2cn([Si](C(C)C)(C(C)C)C(C)C)c3ncccc23)cn1.I.c1cnc2[nH]ccc2c1. The molecule has 11 aromatic rings. The summed E-state index contributed by atoms with van der Waals surface area (Å²) < 4.78 is 7.79. The van der Waals surface area contributed by atoms with Crippen LogP contribution in [0.5, 0.6) is 0 Å². The van der Waals surface area contributed by atoms with E-state index in [4.69, 9.17) is 26.6 Å². The molecule has 11 heterocycles. The van der Waals surface area contributed by atoms with E-state index in [0.29, 0.717) is 55.8 Å². The number of rotatable bonds is 19. The van der Waals surface area contributed by atoms with Crippen molar-refractivity contribution >= 4 is 115 Å². The van der Waals surface area contributed by atoms with Gasteiger partial charge in [0, 0.05) is 126 Å². The van der Waals surface area contributed by atoms with E-state index in [9.17, 15) is 0 Å². The third kappa shape index (κ3) is 18.6. The Morgan fingerprint density at radius 3 is 1.15 bits per heavy atom. The molecule has 0 aromatic carbocycles. The summed E-state index contributed by atoms with van der Waals surface area (Å²) in [5.74, 6) is 0.550. The molecule has 0 saturated heterocycles. The van der Waals surface area contributed by atoms with Crippen molar-refractivity contribution in [2.24, 2.45) is 0 Å². The summed E-state index contributed by atoms with van der Waals surface area (Å²) in [5.41, 5.74) is 18.9. The number of H-pyrrole nitrogens is 2. The molecule has 11 aromatic heterocycles. The van der Waals surface area contributed by atoms with Crippen molar-refractivity contribution in [2.75, 3.05) is 28.2 Å². The Morgan fingerprint density at radius 2 is 0.765 bits per heavy atom. The Bertz CT molecular complexity index is 4000. The van der Waals surface area contributed by atoms with E-state index >= 15 is 0 Å². The zero-order valence-electron chi connectivity index (χ0n) is 61.1. The molecular formula is C80H129ClIN13Si3. The van der Waals surface area contributed by atoms with Gasteiger partial charge in [-0.3, -0.25) is 4.98 Å². The van der Waals surface area contributed by atoms with E-state index in [1.807, 2.05) is 74.4 Å². The Hall–Kier alpha value is -5.81. The molecule has 98 heavy (non-hydrogen) atoms. The monoisotopic (exact) mass is 1520 g/mol. The number of aromatic nitrogens is 11. The molecule has 0 aliphatic rings. The molecule has 0 atom stereocenters. The average Bonchev–Trinajstić information content (AvgIpc) is 1.53. The van der Waals surface area contributed by atoms with Gasteiger partial charge in [-0.2, -0.15) is 0 Å². The quantitative estimate of drug-likeness (QED) is 0.0465. The lowest BCUT2D eigenvalue weighted by Gasteiger charge is -2.44. The van der Waals surface area contributed by atoms with Crippen LogP contribution in [-0.4, -0.2) is 115 Å². The molecule has 2 N–H and O–H groups in total. The highest BCUT2D eigenvalue weighted by Gasteiger charge is 2.49. The fourth-order valence-electron chi connectivity index (χ4n) is 16.7. The molecule has 0 fully saturated rings. The number of hydrogen-bond acceptors (Lipinski definition) is 8. The van der Waals surface area contributed by atoms with Crippen LogP contribution in [0.3, 0.4) is 0 Å². The lowest BCUT2D eigenvalue weighted by molar-refractivity contribution is 0.404. The number of pyridine rings is 6. The zero-order valence-corrected chi connectivity index (χ0v) is 67.2. The summed E-state index contributed by atoms with van der Waals surface area (Å²) in [6.45, 7) is 47.1. The van der Waals surface area contributed by atoms with Crippen LogP contribution in [-0.2, 0) is 25.4 Å². The number of aryl methyl sites for hydroxylation is 1. The van der Waals surface area contributed by atoms with E-state index in [-0.39, 0.29) is 53.7 Å². The van der Waals surface area contributed by atoms with E-state index in [1.54, 1.807) is 12.4 Å². The predicted molar refractivity (Wildman–Crippen MR) is 449 cm³/mol. The third-order valence-corrected chi connectivity index (χ3v) is 40.3. The van der Waals surface area contributed by atoms with Gasteiger partial charge in [-0.25, -0.2) is 24.9 Å². The number of nitrogens with zero attached hydrogens (tertiary/aromatic N) is 11. The minimum Gasteiger partial charge on any atom is -0.358 e. The summed E-state index contributed by atoms with van der Waals surface area (Å²) in [7, 11) is 3.04. The lowest BCUT2D eigenvalue weighted by atomic mass is 10.1. The maximum atomic E-state index is 6.18. The summed E-state index contributed by atoms with van der Waals surface area (Å²) in [5, 5.41) is 6.21. The van der Waals surface area contributed by atoms with Crippen LogP contribution in [0.2, 0.25) is 49.9 Å². The smallest absolute Gasteiger partial charge is 0.171 e. The molecule has 13 nitrogen and oxygen atoms in total. The van der Waals surface area contributed by atoms with E-state index in [0.717, 1.165) is 53.2 Å². The van der Waals surface area contributed by atoms with Gasteiger partial charge in [0.2, 0.25) is 0 Å². The van der Waals surface area contributed by atoms with Gasteiger partial charge in [-0.1, -0.05) is 160 Å². The largest absolute Gasteiger partial charge is 0.358 e. The van der Waals surface area contributed by atoms with Gasteiger partial charge in [0.15, 0.2) is 24.7 Å². The number of aromatic amines is 2. The van der Waals surface area contributed by atoms with Crippen LogP contribution < -0.4 is 0 Å². The highest BCUT2D eigenvalue weighted by atomic mass is 127. The van der Waals surface area contributed by atoms with Crippen LogP contribution >= 0.6 is 35.6 Å². The van der Waals surface area contributed by atoms with Gasteiger partial charge >= 0.3 is 0 Å². The van der Waals surface area contributed by atoms with Gasteiger partial charge in [0.1, 0.15) is 28.2 Å². The Kier molecular flexibility index (Phi) is 35.0. The number of fused-ring (bicyclic) bond motifs is 5. The van der Waals surface area contributed by atoms with Crippen molar-refractivity contribution in [2.45, 2.75) is 237 Å². The summed E-state index contributed by atoms with van der Waals surface area (Å²) in [6.07, 6.45) is 23.3. The molecule has 0 saturated carbocycles. The minimum atomic E-state index is -1.83. The van der Waals surface area contributed by atoms with Gasteiger partial charge in [0.05, 0.1) is 0 Å². The molecule has 11 rings (SSSR count). The van der Waals surface area contributed by atoms with Crippen LogP contribution in [0.1, 0.15) is 188 Å². The van der Waals surface area contributed by atoms with E-state index < -0.39 is 24.7 Å². The first-order valence-corrected chi connectivity index (χ1v) is 41.1. The molecule has 0 unspecified atom stereocenters. The first-order valence-electron chi connectivity index (χ1n) is 34.0. The number of hydrogen-bond donors (Lipinski definition) is 2. The van der Waals surface area contributed by atoms with Gasteiger partial charge < -0.3 is 32.5 Å². The molecule has 0 spiro atoms. The van der Waals surface area contributed by atoms with Crippen LogP contribution in [0, 0.1) is 6.92 Å².